The summed E-state index contributed by atoms with van der Waals surface area (Å²) in [6.45, 7) is 5.71. The molecule has 1 aromatic heterocycles. The molecule has 2 rings (SSSR count). The van der Waals surface area contributed by atoms with E-state index in [0.717, 1.165) is 41.1 Å². The van der Waals surface area contributed by atoms with E-state index in [4.69, 9.17) is 9.47 Å². The van der Waals surface area contributed by atoms with Crippen molar-refractivity contribution in [3.63, 3.8) is 0 Å². The maximum atomic E-state index is 5.54. The molecular formula is C15H22ClN5O2S. The molecule has 0 atom stereocenters. The Balaban J connectivity index is 0.00000288. The molecular weight excluding hydrogens is 350 g/mol. The fourth-order valence-electron chi connectivity index (χ4n) is 1.88. The Bertz CT molecular complexity index is 638. The molecule has 0 saturated heterocycles. The number of nitrogens with zero attached hydrogens (tertiary/aromatic N) is 4. The van der Waals surface area contributed by atoms with Crippen LogP contribution in [0.15, 0.2) is 36.0 Å². The normalized spacial score (nSPS) is 10.1. The molecule has 0 fully saturated rings. The number of ether oxygens (including phenoxy) is 2. The first kappa shape index (κ1) is 20.3. The van der Waals surface area contributed by atoms with E-state index in [0.29, 0.717) is 6.61 Å². The molecule has 24 heavy (non-hydrogen) atoms. The first-order valence-corrected chi connectivity index (χ1v) is 8.19. The van der Waals surface area contributed by atoms with Crippen molar-refractivity contribution in [2.24, 2.45) is 7.05 Å². The Morgan fingerprint density at radius 2 is 2.21 bits per heavy atom. The molecule has 0 aliphatic carbocycles. The van der Waals surface area contributed by atoms with Gasteiger partial charge in [-0.2, -0.15) is 0 Å². The first-order valence-electron chi connectivity index (χ1n) is 7.21. The van der Waals surface area contributed by atoms with Gasteiger partial charge in [0.05, 0.1) is 7.11 Å². The lowest BCUT2D eigenvalue weighted by molar-refractivity contribution is 0.326. The minimum Gasteiger partial charge on any atom is -0.493 e. The van der Waals surface area contributed by atoms with Crippen LogP contribution >= 0.6 is 24.2 Å². The SMILES string of the molecule is C=CCOc1ccc(CNCCSc2nnnn2C)cc1OC.Cl. The number of halogens is 1. The lowest BCUT2D eigenvalue weighted by Crippen LogP contribution is -2.16. The number of thioether (sulfide) groups is 1. The third-order valence-corrected chi connectivity index (χ3v) is 4.02. The summed E-state index contributed by atoms with van der Waals surface area (Å²) in [4.78, 5) is 0. The molecule has 1 N–H and O–H groups in total. The van der Waals surface area contributed by atoms with Crippen molar-refractivity contribution in [3.8, 4) is 11.5 Å². The van der Waals surface area contributed by atoms with Crippen molar-refractivity contribution < 1.29 is 9.47 Å². The van der Waals surface area contributed by atoms with Gasteiger partial charge < -0.3 is 14.8 Å². The highest BCUT2D eigenvalue weighted by Crippen LogP contribution is 2.28. The Hall–Kier alpha value is -1.77. The predicted octanol–water partition coefficient (Wildman–Crippen LogP) is 2.09. The fraction of sp³-hybridized carbons (Fsp3) is 0.400. The van der Waals surface area contributed by atoms with E-state index >= 15 is 0 Å². The lowest BCUT2D eigenvalue weighted by atomic mass is 10.2. The molecule has 0 saturated carbocycles. The second-order valence-electron chi connectivity index (χ2n) is 4.70. The van der Waals surface area contributed by atoms with Crippen molar-refractivity contribution in [1.29, 1.82) is 0 Å². The fourth-order valence-corrected chi connectivity index (χ4v) is 2.63. The maximum absolute atomic E-state index is 5.54. The molecule has 7 nitrogen and oxygen atoms in total. The average Bonchev–Trinajstić information content (AvgIpc) is 2.98. The highest BCUT2D eigenvalue weighted by atomic mass is 35.5. The van der Waals surface area contributed by atoms with Crippen LogP contribution in [0.5, 0.6) is 11.5 Å². The maximum Gasteiger partial charge on any atom is 0.209 e. The van der Waals surface area contributed by atoms with Crippen LogP contribution in [0.1, 0.15) is 5.56 Å². The van der Waals surface area contributed by atoms with Crippen LogP contribution in [0.4, 0.5) is 0 Å². The van der Waals surface area contributed by atoms with E-state index in [9.17, 15) is 0 Å². The third kappa shape index (κ3) is 6.03. The molecule has 0 amide bonds. The number of benzene rings is 1. The Morgan fingerprint density at radius 1 is 1.38 bits per heavy atom. The lowest BCUT2D eigenvalue weighted by Gasteiger charge is -2.11. The first-order chi connectivity index (χ1) is 11.2. The van der Waals surface area contributed by atoms with Crippen LogP contribution in [0, 0.1) is 0 Å². The second kappa shape index (κ2) is 10.9. The van der Waals surface area contributed by atoms with Gasteiger partial charge in [-0.3, -0.25) is 0 Å². The van der Waals surface area contributed by atoms with Crippen LogP contribution in [-0.2, 0) is 13.6 Å². The Kier molecular flexibility index (Phi) is 9.21. The van der Waals surface area contributed by atoms with Crippen molar-refractivity contribution >= 4 is 24.2 Å². The largest absolute Gasteiger partial charge is 0.493 e. The highest BCUT2D eigenvalue weighted by molar-refractivity contribution is 7.99. The molecule has 1 aromatic carbocycles. The van der Waals surface area contributed by atoms with Crippen molar-refractivity contribution in [1.82, 2.24) is 25.5 Å². The average molecular weight is 372 g/mol. The van der Waals surface area contributed by atoms with Crippen LogP contribution in [0.3, 0.4) is 0 Å². The summed E-state index contributed by atoms with van der Waals surface area (Å²) in [6, 6.07) is 5.91. The predicted molar refractivity (Wildman–Crippen MR) is 97.2 cm³/mol. The number of methoxy groups -OCH3 is 1. The van der Waals surface area contributed by atoms with Gasteiger partial charge in [-0.15, -0.1) is 17.5 Å². The van der Waals surface area contributed by atoms with Gasteiger partial charge in [0.2, 0.25) is 5.16 Å². The number of rotatable bonds is 10. The van der Waals surface area contributed by atoms with Crippen LogP contribution < -0.4 is 14.8 Å². The molecule has 0 bridgehead atoms. The van der Waals surface area contributed by atoms with Gasteiger partial charge in [0.1, 0.15) is 6.61 Å². The summed E-state index contributed by atoms with van der Waals surface area (Å²) in [6.07, 6.45) is 1.71. The zero-order valence-electron chi connectivity index (χ0n) is 13.8. The summed E-state index contributed by atoms with van der Waals surface area (Å²) < 4.78 is 12.6. The standard InChI is InChI=1S/C15H21N5O2S.ClH/c1-4-8-22-13-6-5-12(10-14(13)21-3)11-16-7-9-23-15-17-18-19-20(15)2;/h4-6,10,16H,1,7-9,11H2,2-3H3;1H. The molecule has 2 aromatic rings. The van der Waals surface area contributed by atoms with E-state index in [-0.39, 0.29) is 12.4 Å². The van der Waals surface area contributed by atoms with Crippen molar-refractivity contribution in [2.45, 2.75) is 11.7 Å². The number of hydrogen-bond donors (Lipinski definition) is 1. The number of hydrogen-bond acceptors (Lipinski definition) is 7. The van der Waals surface area contributed by atoms with E-state index in [1.54, 1.807) is 29.6 Å². The highest BCUT2D eigenvalue weighted by Gasteiger charge is 2.06. The molecule has 0 aliphatic rings. The van der Waals surface area contributed by atoms with Gasteiger partial charge in [-0.25, -0.2) is 4.68 Å². The van der Waals surface area contributed by atoms with Gasteiger partial charge in [0.25, 0.3) is 0 Å². The summed E-state index contributed by atoms with van der Waals surface area (Å²) >= 11 is 1.62. The summed E-state index contributed by atoms with van der Waals surface area (Å²) in [7, 11) is 3.47. The minimum atomic E-state index is 0. The van der Waals surface area contributed by atoms with Gasteiger partial charge in [-0.05, 0) is 28.1 Å². The number of tetrazole rings is 1. The number of aryl methyl sites for hydroxylation is 1. The number of aromatic nitrogens is 4. The summed E-state index contributed by atoms with van der Waals surface area (Å²) in [5.41, 5.74) is 1.14. The molecule has 0 aliphatic heterocycles. The second-order valence-corrected chi connectivity index (χ2v) is 5.76. The topological polar surface area (TPSA) is 74.1 Å². The van der Waals surface area contributed by atoms with E-state index in [1.165, 1.54) is 0 Å². The van der Waals surface area contributed by atoms with E-state index in [2.05, 4.69) is 27.4 Å². The summed E-state index contributed by atoms with van der Waals surface area (Å²) in [5.74, 6) is 2.35. The Morgan fingerprint density at radius 3 is 2.88 bits per heavy atom. The van der Waals surface area contributed by atoms with Gasteiger partial charge >= 0.3 is 0 Å². The molecule has 0 radical (unpaired) electrons. The van der Waals surface area contributed by atoms with Crippen molar-refractivity contribution in [3.05, 3.63) is 36.4 Å². The van der Waals surface area contributed by atoms with Crippen LogP contribution in [0.25, 0.3) is 0 Å². The van der Waals surface area contributed by atoms with Gasteiger partial charge in [0, 0.05) is 25.9 Å². The van der Waals surface area contributed by atoms with Gasteiger partial charge in [-0.1, -0.05) is 30.5 Å². The van der Waals surface area contributed by atoms with E-state index < -0.39 is 0 Å². The zero-order chi connectivity index (χ0) is 16.5. The minimum absolute atomic E-state index is 0. The Labute approximate surface area is 152 Å². The number of nitrogens with one attached hydrogen (secondary N) is 1. The zero-order valence-corrected chi connectivity index (χ0v) is 15.4. The summed E-state index contributed by atoms with van der Waals surface area (Å²) in [5, 5.41) is 15.5. The molecule has 132 valence electrons. The molecule has 0 spiro atoms. The monoisotopic (exact) mass is 371 g/mol. The quantitative estimate of drug-likeness (QED) is 0.389. The molecule has 1 heterocycles. The van der Waals surface area contributed by atoms with Crippen LogP contribution in [-0.4, -0.2) is 46.2 Å². The smallest absolute Gasteiger partial charge is 0.209 e. The van der Waals surface area contributed by atoms with Crippen LogP contribution in [0.2, 0.25) is 0 Å². The molecule has 0 unspecified atom stereocenters. The van der Waals surface area contributed by atoms with Gasteiger partial charge in [0.15, 0.2) is 11.5 Å². The van der Waals surface area contributed by atoms with Crippen molar-refractivity contribution in [2.75, 3.05) is 26.0 Å². The third-order valence-electron chi connectivity index (χ3n) is 3.01. The van der Waals surface area contributed by atoms with E-state index in [1.807, 2.05) is 25.2 Å². The molecule has 9 heteroatoms.